The molecule has 0 aromatic heterocycles. The van der Waals surface area contributed by atoms with E-state index in [4.69, 9.17) is 5.26 Å². The lowest BCUT2D eigenvalue weighted by molar-refractivity contribution is -0.123. The summed E-state index contributed by atoms with van der Waals surface area (Å²) in [6, 6.07) is 1.92. The third-order valence-corrected chi connectivity index (χ3v) is 2.80. The van der Waals surface area contributed by atoms with E-state index in [0.717, 1.165) is 25.9 Å². The first-order chi connectivity index (χ1) is 6.25. The molecule has 1 heterocycles. The van der Waals surface area contributed by atoms with Gasteiger partial charge in [0, 0.05) is 5.92 Å². The van der Waals surface area contributed by atoms with Gasteiger partial charge in [0.1, 0.15) is 5.78 Å². The number of piperidine rings is 1. The summed E-state index contributed by atoms with van der Waals surface area (Å²) in [7, 11) is 0. The van der Waals surface area contributed by atoms with Gasteiger partial charge in [-0.15, -0.1) is 0 Å². The molecule has 2 unspecified atom stereocenters. The standard InChI is InChI=1S/C10H16N2O/c1-8(10(13)4-5-11)9-3-2-6-12-7-9/h8-9,12H,2-4,6-7H2,1H3. The molecule has 0 bridgehead atoms. The number of hydrogen-bond donors (Lipinski definition) is 1. The molecule has 3 nitrogen and oxygen atoms in total. The summed E-state index contributed by atoms with van der Waals surface area (Å²) in [5.74, 6) is 0.582. The zero-order valence-electron chi connectivity index (χ0n) is 8.05. The van der Waals surface area contributed by atoms with E-state index in [-0.39, 0.29) is 18.1 Å². The SMILES string of the molecule is CC(C(=O)CC#N)C1CCCNC1. The van der Waals surface area contributed by atoms with E-state index in [1.54, 1.807) is 0 Å². The van der Waals surface area contributed by atoms with E-state index < -0.39 is 0 Å². The van der Waals surface area contributed by atoms with Gasteiger partial charge in [-0.2, -0.15) is 5.26 Å². The molecular weight excluding hydrogens is 164 g/mol. The van der Waals surface area contributed by atoms with Crippen LogP contribution in [0.1, 0.15) is 26.2 Å². The Hall–Kier alpha value is -0.880. The average Bonchev–Trinajstić information content (AvgIpc) is 2.18. The summed E-state index contributed by atoms with van der Waals surface area (Å²) in [4.78, 5) is 11.4. The Kier molecular flexibility index (Phi) is 3.91. The Labute approximate surface area is 79.1 Å². The first-order valence-electron chi connectivity index (χ1n) is 4.86. The van der Waals surface area contributed by atoms with Gasteiger partial charge >= 0.3 is 0 Å². The summed E-state index contributed by atoms with van der Waals surface area (Å²) >= 11 is 0. The molecule has 1 saturated heterocycles. The molecule has 13 heavy (non-hydrogen) atoms. The fourth-order valence-corrected chi connectivity index (χ4v) is 1.81. The van der Waals surface area contributed by atoms with Crippen LogP contribution in [0.3, 0.4) is 0 Å². The summed E-state index contributed by atoms with van der Waals surface area (Å²) in [6.45, 7) is 3.94. The number of hydrogen-bond acceptors (Lipinski definition) is 3. The van der Waals surface area contributed by atoms with Crippen molar-refractivity contribution in [3.63, 3.8) is 0 Å². The Morgan fingerprint density at radius 1 is 1.77 bits per heavy atom. The number of Topliss-reactive ketones (excluding diaryl/α,β-unsaturated/α-hetero) is 1. The molecule has 0 aromatic carbocycles. The topological polar surface area (TPSA) is 52.9 Å². The van der Waals surface area contributed by atoms with Crippen molar-refractivity contribution >= 4 is 5.78 Å². The summed E-state index contributed by atoms with van der Waals surface area (Å²) in [5.41, 5.74) is 0. The van der Waals surface area contributed by atoms with Crippen LogP contribution in [0.2, 0.25) is 0 Å². The van der Waals surface area contributed by atoms with Gasteiger partial charge in [0.25, 0.3) is 0 Å². The van der Waals surface area contributed by atoms with Crippen molar-refractivity contribution in [2.45, 2.75) is 26.2 Å². The van der Waals surface area contributed by atoms with Gasteiger partial charge in [-0.3, -0.25) is 4.79 Å². The second-order valence-corrected chi connectivity index (χ2v) is 3.70. The summed E-state index contributed by atoms with van der Waals surface area (Å²) < 4.78 is 0. The summed E-state index contributed by atoms with van der Waals surface area (Å²) in [6.07, 6.45) is 2.33. The Balaban J connectivity index is 2.41. The van der Waals surface area contributed by atoms with Gasteiger partial charge in [-0.25, -0.2) is 0 Å². The highest BCUT2D eigenvalue weighted by Crippen LogP contribution is 2.21. The number of carbonyl (C=O) groups excluding carboxylic acids is 1. The first-order valence-corrected chi connectivity index (χ1v) is 4.86. The van der Waals surface area contributed by atoms with Crippen molar-refractivity contribution in [1.29, 1.82) is 5.26 Å². The van der Waals surface area contributed by atoms with E-state index in [9.17, 15) is 4.79 Å². The summed E-state index contributed by atoms with van der Waals surface area (Å²) in [5, 5.41) is 11.7. The molecule has 1 fully saturated rings. The van der Waals surface area contributed by atoms with Crippen molar-refractivity contribution < 1.29 is 4.79 Å². The predicted molar refractivity (Wildman–Crippen MR) is 50.0 cm³/mol. The molecule has 1 aliphatic rings. The zero-order valence-corrected chi connectivity index (χ0v) is 8.05. The van der Waals surface area contributed by atoms with Gasteiger partial charge in [-0.1, -0.05) is 6.92 Å². The molecule has 0 amide bonds. The molecule has 0 spiro atoms. The monoisotopic (exact) mass is 180 g/mol. The Morgan fingerprint density at radius 2 is 2.54 bits per heavy atom. The highest BCUT2D eigenvalue weighted by Gasteiger charge is 2.24. The minimum absolute atomic E-state index is 0.0486. The van der Waals surface area contributed by atoms with E-state index in [1.807, 2.05) is 13.0 Å². The van der Waals surface area contributed by atoms with Crippen LogP contribution in [0, 0.1) is 23.2 Å². The van der Waals surface area contributed by atoms with Crippen molar-refractivity contribution in [2.75, 3.05) is 13.1 Å². The molecule has 1 aliphatic heterocycles. The first kappa shape index (κ1) is 10.2. The maximum absolute atomic E-state index is 11.4. The smallest absolute Gasteiger partial charge is 0.150 e. The second-order valence-electron chi connectivity index (χ2n) is 3.70. The Bertz CT molecular complexity index is 213. The molecule has 1 rings (SSSR count). The lowest BCUT2D eigenvalue weighted by atomic mass is 9.84. The average molecular weight is 180 g/mol. The van der Waals surface area contributed by atoms with Crippen LogP contribution in [0.4, 0.5) is 0 Å². The third kappa shape index (κ3) is 2.82. The second kappa shape index (κ2) is 4.98. The van der Waals surface area contributed by atoms with Gasteiger partial charge < -0.3 is 5.32 Å². The fraction of sp³-hybridized carbons (Fsp3) is 0.800. The van der Waals surface area contributed by atoms with Crippen molar-refractivity contribution in [1.82, 2.24) is 5.32 Å². The molecular formula is C10H16N2O. The lowest BCUT2D eigenvalue weighted by Gasteiger charge is -2.26. The molecule has 72 valence electrons. The van der Waals surface area contributed by atoms with Crippen molar-refractivity contribution in [3.8, 4) is 6.07 Å². The largest absolute Gasteiger partial charge is 0.316 e. The maximum atomic E-state index is 11.4. The minimum Gasteiger partial charge on any atom is -0.316 e. The third-order valence-electron chi connectivity index (χ3n) is 2.80. The van der Waals surface area contributed by atoms with Crippen LogP contribution in [0.25, 0.3) is 0 Å². The van der Waals surface area contributed by atoms with Crippen LogP contribution in [-0.4, -0.2) is 18.9 Å². The highest BCUT2D eigenvalue weighted by molar-refractivity contribution is 5.82. The normalized spacial score (nSPS) is 24.8. The highest BCUT2D eigenvalue weighted by atomic mass is 16.1. The van der Waals surface area contributed by atoms with Crippen LogP contribution < -0.4 is 5.32 Å². The molecule has 0 saturated carbocycles. The van der Waals surface area contributed by atoms with Crippen LogP contribution in [0.5, 0.6) is 0 Å². The van der Waals surface area contributed by atoms with E-state index >= 15 is 0 Å². The number of nitriles is 1. The Morgan fingerprint density at radius 3 is 3.08 bits per heavy atom. The maximum Gasteiger partial charge on any atom is 0.150 e. The van der Waals surface area contributed by atoms with Gasteiger partial charge in [-0.05, 0) is 31.8 Å². The minimum atomic E-state index is 0.0486. The van der Waals surface area contributed by atoms with Crippen molar-refractivity contribution in [2.24, 2.45) is 11.8 Å². The van der Waals surface area contributed by atoms with Crippen LogP contribution in [-0.2, 0) is 4.79 Å². The molecule has 0 radical (unpaired) electrons. The molecule has 3 heteroatoms. The lowest BCUT2D eigenvalue weighted by Crippen LogP contribution is -2.35. The number of rotatable bonds is 3. The van der Waals surface area contributed by atoms with Crippen molar-refractivity contribution in [3.05, 3.63) is 0 Å². The number of nitrogens with zero attached hydrogens (tertiary/aromatic N) is 1. The van der Waals surface area contributed by atoms with Crippen LogP contribution in [0.15, 0.2) is 0 Å². The van der Waals surface area contributed by atoms with E-state index in [2.05, 4.69) is 5.32 Å². The van der Waals surface area contributed by atoms with Crippen LogP contribution >= 0.6 is 0 Å². The molecule has 1 N–H and O–H groups in total. The number of carbonyl (C=O) groups is 1. The van der Waals surface area contributed by atoms with Gasteiger partial charge in [0.15, 0.2) is 0 Å². The van der Waals surface area contributed by atoms with Gasteiger partial charge in [0.2, 0.25) is 0 Å². The molecule has 0 aromatic rings. The molecule has 2 atom stereocenters. The van der Waals surface area contributed by atoms with E-state index in [0.29, 0.717) is 5.92 Å². The van der Waals surface area contributed by atoms with E-state index in [1.165, 1.54) is 0 Å². The predicted octanol–water partition coefficient (Wildman–Crippen LogP) is 1.10. The van der Waals surface area contributed by atoms with Gasteiger partial charge in [0.05, 0.1) is 12.5 Å². The number of nitrogens with one attached hydrogen (secondary N) is 1. The molecule has 0 aliphatic carbocycles. The quantitative estimate of drug-likeness (QED) is 0.707. The fourth-order valence-electron chi connectivity index (χ4n) is 1.81. The zero-order chi connectivity index (χ0) is 9.68. The number of ketones is 1.